The van der Waals surface area contributed by atoms with Gasteiger partial charge in [0.2, 0.25) is 0 Å². The van der Waals surface area contributed by atoms with Gasteiger partial charge in [-0.05, 0) is 46.7 Å². The molecule has 4 aromatic rings. The standard InChI is InChI=1S/C28H24N2O2S/c1-20-11-8-9-16-23(20)19-24(29-28(32)25-17-10-18-33-25)27(31)30-26(21-12-4-2-5-13-21)22-14-6-3-7-15-22/h2-19,26H,1H3,(H,29,32)(H,30,31)/b24-19-. The van der Waals surface area contributed by atoms with Crippen LogP contribution in [0.15, 0.2) is 108 Å². The highest BCUT2D eigenvalue weighted by molar-refractivity contribution is 7.12. The summed E-state index contributed by atoms with van der Waals surface area (Å²) >= 11 is 1.33. The van der Waals surface area contributed by atoms with Gasteiger partial charge in [-0.25, -0.2) is 0 Å². The van der Waals surface area contributed by atoms with Crippen molar-refractivity contribution in [3.8, 4) is 0 Å². The normalized spacial score (nSPS) is 11.3. The van der Waals surface area contributed by atoms with Crippen LogP contribution in [0.3, 0.4) is 0 Å². The van der Waals surface area contributed by atoms with Crippen molar-refractivity contribution in [2.75, 3.05) is 0 Å². The monoisotopic (exact) mass is 452 g/mol. The first-order chi connectivity index (χ1) is 16.1. The molecule has 164 valence electrons. The molecule has 0 saturated heterocycles. The molecule has 0 fully saturated rings. The molecule has 0 unspecified atom stereocenters. The number of thiophene rings is 1. The Balaban J connectivity index is 1.68. The first kappa shape index (κ1) is 22.2. The van der Waals surface area contributed by atoms with Crippen molar-refractivity contribution in [2.24, 2.45) is 0 Å². The minimum Gasteiger partial charge on any atom is -0.340 e. The van der Waals surface area contributed by atoms with Gasteiger partial charge in [0.25, 0.3) is 11.8 Å². The zero-order chi connectivity index (χ0) is 23.0. The van der Waals surface area contributed by atoms with Gasteiger partial charge in [0.1, 0.15) is 5.70 Å². The third kappa shape index (κ3) is 5.64. The molecule has 33 heavy (non-hydrogen) atoms. The van der Waals surface area contributed by atoms with Gasteiger partial charge in [0, 0.05) is 0 Å². The van der Waals surface area contributed by atoms with E-state index in [0.29, 0.717) is 4.88 Å². The lowest BCUT2D eigenvalue weighted by molar-refractivity contribution is -0.118. The number of hydrogen-bond acceptors (Lipinski definition) is 3. The van der Waals surface area contributed by atoms with E-state index in [2.05, 4.69) is 10.6 Å². The zero-order valence-electron chi connectivity index (χ0n) is 18.2. The fraction of sp³-hybridized carbons (Fsp3) is 0.0714. The molecule has 0 aliphatic rings. The van der Waals surface area contributed by atoms with Gasteiger partial charge in [-0.1, -0.05) is 91.0 Å². The summed E-state index contributed by atoms with van der Waals surface area (Å²) in [4.78, 5) is 26.9. The van der Waals surface area contributed by atoms with Crippen molar-refractivity contribution < 1.29 is 9.59 Å². The molecular formula is C28H24N2O2S. The summed E-state index contributed by atoms with van der Waals surface area (Å²) in [7, 11) is 0. The molecule has 0 aliphatic heterocycles. The molecule has 4 nitrogen and oxygen atoms in total. The van der Waals surface area contributed by atoms with Crippen molar-refractivity contribution in [1.29, 1.82) is 0 Å². The quantitative estimate of drug-likeness (QED) is 0.352. The average Bonchev–Trinajstić information content (AvgIpc) is 3.40. The number of benzene rings is 3. The highest BCUT2D eigenvalue weighted by Gasteiger charge is 2.21. The summed E-state index contributed by atoms with van der Waals surface area (Å²) < 4.78 is 0. The molecule has 0 radical (unpaired) electrons. The Kier molecular flexibility index (Phi) is 7.12. The summed E-state index contributed by atoms with van der Waals surface area (Å²) in [5.74, 6) is -0.670. The van der Waals surface area contributed by atoms with Crippen LogP contribution in [0, 0.1) is 6.92 Å². The summed E-state index contributed by atoms with van der Waals surface area (Å²) in [5, 5.41) is 7.78. The highest BCUT2D eigenvalue weighted by atomic mass is 32.1. The lowest BCUT2D eigenvalue weighted by Crippen LogP contribution is -2.37. The number of hydrogen-bond donors (Lipinski definition) is 2. The minimum absolute atomic E-state index is 0.194. The lowest BCUT2D eigenvalue weighted by Gasteiger charge is -2.21. The maximum absolute atomic E-state index is 13.5. The van der Waals surface area contributed by atoms with E-state index in [9.17, 15) is 9.59 Å². The molecule has 5 heteroatoms. The smallest absolute Gasteiger partial charge is 0.268 e. The van der Waals surface area contributed by atoms with Crippen LogP contribution in [-0.4, -0.2) is 11.8 Å². The Morgan fingerprint density at radius 2 is 1.39 bits per heavy atom. The summed E-state index contributed by atoms with van der Waals surface area (Å²) in [6, 6.07) is 30.5. The van der Waals surface area contributed by atoms with E-state index in [0.717, 1.165) is 22.3 Å². The van der Waals surface area contributed by atoms with Crippen molar-refractivity contribution in [3.63, 3.8) is 0 Å². The van der Waals surface area contributed by atoms with Crippen LogP contribution >= 0.6 is 11.3 Å². The third-order valence-electron chi connectivity index (χ3n) is 5.27. The number of aryl methyl sites for hydroxylation is 1. The molecular weight excluding hydrogens is 428 g/mol. The fourth-order valence-electron chi connectivity index (χ4n) is 3.51. The van der Waals surface area contributed by atoms with Crippen LogP contribution < -0.4 is 10.6 Å². The van der Waals surface area contributed by atoms with Gasteiger partial charge >= 0.3 is 0 Å². The Morgan fingerprint density at radius 1 is 0.788 bits per heavy atom. The number of carbonyl (C=O) groups excluding carboxylic acids is 2. The van der Waals surface area contributed by atoms with Gasteiger partial charge in [-0.15, -0.1) is 11.3 Å². The minimum atomic E-state index is -0.362. The predicted octanol–water partition coefficient (Wildman–Crippen LogP) is 5.73. The van der Waals surface area contributed by atoms with E-state index in [1.54, 1.807) is 12.1 Å². The molecule has 1 aromatic heterocycles. The van der Waals surface area contributed by atoms with Gasteiger partial charge in [0.05, 0.1) is 10.9 Å². The topological polar surface area (TPSA) is 58.2 Å². The van der Waals surface area contributed by atoms with Gasteiger partial charge in [-0.3, -0.25) is 9.59 Å². The summed E-state index contributed by atoms with van der Waals surface area (Å²) in [6.45, 7) is 1.97. The van der Waals surface area contributed by atoms with Crippen LogP contribution in [0.5, 0.6) is 0 Å². The SMILES string of the molecule is Cc1ccccc1/C=C(\NC(=O)c1cccs1)C(=O)NC(c1ccccc1)c1ccccc1. The van der Waals surface area contributed by atoms with Crippen molar-refractivity contribution >= 4 is 29.2 Å². The van der Waals surface area contributed by atoms with Crippen molar-refractivity contribution in [3.05, 3.63) is 135 Å². The predicted molar refractivity (Wildman–Crippen MR) is 134 cm³/mol. The van der Waals surface area contributed by atoms with Gasteiger partial charge < -0.3 is 10.6 Å². The fourth-order valence-corrected chi connectivity index (χ4v) is 4.13. The van der Waals surface area contributed by atoms with E-state index < -0.39 is 0 Å². The van der Waals surface area contributed by atoms with E-state index in [1.165, 1.54) is 11.3 Å². The molecule has 0 aliphatic carbocycles. The largest absolute Gasteiger partial charge is 0.340 e. The molecule has 0 atom stereocenters. The molecule has 0 bridgehead atoms. The van der Waals surface area contributed by atoms with E-state index in [4.69, 9.17) is 0 Å². The van der Waals surface area contributed by atoms with Crippen LogP contribution in [0.25, 0.3) is 6.08 Å². The Bertz CT molecular complexity index is 1210. The van der Waals surface area contributed by atoms with Gasteiger partial charge in [-0.2, -0.15) is 0 Å². The Hall–Kier alpha value is -3.96. The van der Waals surface area contributed by atoms with Crippen LogP contribution in [0.1, 0.15) is 38.0 Å². The van der Waals surface area contributed by atoms with Gasteiger partial charge in [0.15, 0.2) is 0 Å². The second kappa shape index (κ2) is 10.6. The molecule has 1 heterocycles. The molecule has 2 N–H and O–H groups in total. The number of amides is 2. The number of nitrogens with one attached hydrogen (secondary N) is 2. The van der Waals surface area contributed by atoms with Crippen molar-refractivity contribution in [1.82, 2.24) is 10.6 Å². The number of carbonyl (C=O) groups is 2. The second-order valence-corrected chi connectivity index (χ2v) is 8.52. The average molecular weight is 453 g/mol. The first-order valence-corrected chi connectivity index (χ1v) is 11.5. The maximum Gasteiger partial charge on any atom is 0.268 e. The van der Waals surface area contributed by atoms with Crippen LogP contribution in [0.4, 0.5) is 0 Å². The molecule has 0 saturated carbocycles. The lowest BCUT2D eigenvalue weighted by atomic mass is 9.98. The Labute approximate surface area is 197 Å². The maximum atomic E-state index is 13.5. The third-order valence-corrected chi connectivity index (χ3v) is 6.14. The van der Waals surface area contributed by atoms with Crippen molar-refractivity contribution in [2.45, 2.75) is 13.0 Å². The highest BCUT2D eigenvalue weighted by Crippen LogP contribution is 2.23. The second-order valence-electron chi connectivity index (χ2n) is 7.57. The summed E-state index contributed by atoms with van der Waals surface area (Å²) in [6.07, 6.45) is 1.73. The van der Waals surface area contributed by atoms with E-state index in [-0.39, 0.29) is 23.6 Å². The summed E-state index contributed by atoms with van der Waals surface area (Å²) in [5.41, 5.74) is 3.98. The van der Waals surface area contributed by atoms with Crippen LogP contribution in [0.2, 0.25) is 0 Å². The van der Waals surface area contributed by atoms with Crippen LogP contribution in [-0.2, 0) is 4.79 Å². The van der Waals surface area contributed by atoms with E-state index >= 15 is 0 Å². The van der Waals surface area contributed by atoms with E-state index in [1.807, 2.05) is 103 Å². The molecule has 3 aromatic carbocycles. The molecule has 4 rings (SSSR count). The zero-order valence-corrected chi connectivity index (χ0v) is 19.0. The first-order valence-electron chi connectivity index (χ1n) is 10.6. The number of rotatable bonds is 7. The molecule has 0 spiro atoms. The Morgan fingerprint density at radius 3 is 1.97 bits per heavy atom. The molecule has 2 amide bonds.